The maximum Gasteiger partial charge on any atom is 0.338 e. The topological polar surface area (TPSA) is 26.3 Å². The fraction of sp³-hybridized carbons (Fsp3) is 0.533. The normalized spacial score (nSPS) is 23.7. The first-order valence-electron chi connectivity index (χ1n) is 6.63. The summed E-state index contributed by atoms with van der Waals surface area (Å²) in [6.45, 7) is 2.11. The molecule has 1 aliphatic rings. The van der Waals surface area contributed by atoms with E-state index in [9.17, 15) is 4.79 Å². The number of carbonyl (C=O) groups is 1. The Morgan fingerprint density at radius 3 is 2.39 bits per heavy atom. The summed E-state index contributed by atoms with van der Waals surface area (Å²) < 4.78 is 6.31. The lowest BCUT2D eigenvalue weighted by atomic mass is 9.97. The van der Waals surface area contributed by atoms with E-state index in [-0.39, 0.29) is 12.1 Å². The van der Waals surface area contributed by atoms with Gasteiger partial charge in [-0.15, -0.1) is 0 Å². The Morgan fingerprint density at radius 2 is 1.83 bits per heavy atom. The molecule has 1 aromatic carbocycles. The van der Waals surface area contributed by atoms with E-state index in [2.05, 4.69) is 29.5 Å². The van der Waals surface area contributed by atoms with Crippen molar-refractivity contribution in [1.82, 2.24) is 0 Å². The molecule has 0 saturated heterocycles. The summed E-state index contributed by atoms with van der Waals surface area (Å²) >= 11 is 2.48. The molecule has 0 radical (unpaired) electrons. The molecule has 1 fully saturated rings. The highest BCUT2D eigenvalue weighted by atomic mass is 127. The Labute approximate surface area is 122 Å². The van der Waals surface area contributed by atoms with E-state index in [0.717, 1.165) is 36.0 Å². The van der Waals surface area contributed by atoms with E-state index in [1.165, 1.54) is 5.56 Å². The average molecular weight is 358 g/mol. The third-order valence-corrected chi connectivity index (χ3v) is 4.72. The van der Waals surface area contributed by atoms with Crippen molar-refractivity contribution in [3.63, 3.8) is 0 Å². The number of hydrogen-bond acceptors (Lipinski definition) is 2. The van der Waals surface area contributed by atoms with Crippen LogP contribution in [0, 0.1) is 0 Å². The zero-order valence-electron chi connectivity index (χ0n) is 10.7. The smallest absolute Gasteiger partial charge is 0.338 e. The van der Waals surface area contributed by atoms with Crippen LogP contribution in [0.15, 0.2) is 24.3 Å². The van der Waals surface area contributed by atoms with Gasteiger partial charge in [0.25, 0.3) is 0 Å². The summed E-state index contributed by atoms with van der Waals surface area (Å²) in [5.41, 5.74) is 1.92. The summed E-state index contributed by atoms with van der Waals surface area (Å²) in [6.07, 6.45) is 5.45. The molecule has 1 aromatic rings. The predicted octanol–water partition coefficient (Wildman–Crippen LogP) is 4.15. The van der Waals surface area contributed by atoms with Gasteiger partial charge in [0.05, 0.1) is 5.56 Å². The third-order valence-electron chi connectivity index (χ3n) is 3.48. The van der Waals surface area contributed by atoms with Gasteiger partial charge in [-0.2, -0.15) is 0 Å². The van der Waals surface area contributed by atoms with Crippen LogP contribution in [-0.4, -0.2) is 16.0 Å². The van der Waals surface area contributed by atoms with Crippen molar-refractivity contribution in [2.75, 3.05) is 0 Å². The van der Waals surface area contributed by atoms with E-state index in [1.807, 2.05) is 24.3 Å². The second kappa shape index (κ2) is 6.55. The van der Waals surface area contributed by atoms with E-state index < -0.39 is 0 Å². The van der Waals surface area contributed by atoms with Crippen LogP contribution in [0.3, 0.4) is 0 Å². The van der Waals surface area contributed by atoms with Crippen molar-refractivity contribution in [2.24, 2.45) is 0 Å². The molecule has 18 heavy (non-hydrogen) atoms. The summed E-state index contributed by atoms with van der Waals surface area (Å²) in [5, 5.41) is 0. The quantitative estimate of drug-likeness (QED) is 0.461. The van der Waals surface area contributed by atoms with Crippen molar-refractivity contribution in [1.29, 1.82) is 0 Å². The molecule has 0 aliphatic heterocycles. The van der Waals surface area contributed by atoms with Crippen molar-refractivity contribution in [3.8, 4) is 0 Å². The number of ether oxygens (including phenoxy) is 1. The van der Waals surface area contributed by atoms with E-state index >= 15 is 0 Å². The molecule has 0 bridgehead atoms. The summed E-state index contributed by atoms with van der Waals surface area (Å²) in [7, 11) is 0. The molecule has 98 valence electrons. The van der Waals surface area contributed by atoms with Crippen molar-refractivity contribution >= 4 is 28.6 Å². The van der Waals surface area contributed by atoms with Crippen LogP contribution in [0.2, 0.25) is 0 Å². The van der Waals surface area contributed by atoms with Crippen LogP contribution >= 0.6 is 22.6 Å². The maximum absolute atomic E-state index is 12.0. The Bertz CT molecular complexity index is 391. The summed E-state index contributed by atoms with van der Waals surface area (Å²) in [4.78, 5) is 12.0. The minimum absolute atomic E-state index is 0.120. The molecule has 0 amide bonds. The van der Waals surface area contributed by atoms with Gasteiger partial charge in [-0.25, -0.2) is 4.79 Å². The number of carbonyl (C=O) groups excluding carboxylic acids is 1. The molecule has 0 atom stereocenters. The minimum atomic E-state index is -0.172. The van der Waals surface area contributed by atoms with Gasteiger partial charge >= 0.3 is 5.97 Å². The van der Waals surface area contributed by atoms with Crippen LogP contribution in [0.4, 0.5) is 0 Å². The number of halogens is 1. The second-order valence-electron chi connectivity index (χ2n) is 4.83. The number of benzene rings is 1. The fourth-order valence-electron chi connectivity index (χ4n) is 2.24. The van der Waals surface area contributed by atoms with Gasteiger partial charge in [0, 0.05) is 3.92 Å². The Kier molecular flexibility index (Phi) is 5.03. The van der Waals surface area contributed by atoms with Crippen molar-refractivity contribution < 1.29 is 9.53 Å². The second-order valence-corrected chi connectivity index (χ2v) is 6.59. The van der Waals surface area contributed by atoms with E-state index in [1.54, 1.807) is 0 Å². The van der Waals surface area contributed by atoms with Gasteiger partial charge in [-0.05, 0) is 49.8 Å². The first kappa shape index (κ1) is 13.8. The van der Waals surface area contributed by atoms with Gasteiger partial charge in [0.15, 0.2) is 0 Å². The van der Waals surface area contributed by atoms with Gasteiger partial charge < -0.3 is 4.74 Å². The monoisotopic (exact) mass is 358 g/mol. The highest BCUT2D eigenvalue weighted by Gasteiger charge is 2.22. The number of alkyl halides is 1. The van der Waals surface area contributed by atoms with Crippen molar-refractivity contribution in [2.45, 2.75) is 49.1 Å². The zero-order valence-corrected chi connectivity index (χ0v) is 12.9. The molecular weight excluding hydrogens is 339 g/mol. The Balaban J connectivity index is 1.90. The zero-order chi connectivity index (χ0) is 13.0. The van der Waals surface area contributed by atoms with Crippen LogP contribution in [0.1, 0.15) is 48.5 Å². The SMILES string of the molecule is CCc1ccc(C(=O)OC2CCC(I)CC2)cc1. The molecule has 2 nitrogen and oxygen atoms in total. The molecule has 1 aliphatic carbocycles. The average Bonchev–Trinajstić information content (AvgIpc) is 2.41. The molecule has 1 saturated carbocycles. The van der Waals surface area contributed by atoms with Crippen LogP contribution in [-0.2, 0) is 11.2 Å². The predicted molar refractivity (Wildman–Crippen MR) is 81.3 cm³/mol. The van der Waals surface area contributed by atoms with E-state index in [0.29, 0.717) is 5.56 Å². The molecule has 0 N–H and O–H groups in total. The summed E-state index contributed by atoms with van der Waals surface area (Å²) in [5.74, 6) is -0.172. The molecule has 0 aromatic heterocycles. The largest absolute Gasteiger partial charge is 0.459 e. The number of aryl methyl sites for hydroxylation is 1. The molecule has 0 spiro atoms. The lowest BCUT2D eigenvalue weighted by Crippen LogP contribution is -2.24. The van der Waals surface area contributed by atoms with Crippen LogP contribution < -0.4 is 0 Å². The number of rotatable bonds is 3. The molecule has 2 rings (SSSR count). The third kappa shape index (κ3) is 3.70. The highest BCUT2D eigenvalue weighted by molar-refractivity contribution is 14.1. The van der Waals surface area contributed by atoms with E-state index in [4.69, 9.17) is 4.74 Å². The van der Waals surface area contributed by atoms with Crippen LogP contribution in [0.25, 0.3) is 0 Å². The number of hydrogen-bond donors (Lipinski definition) is 0. The van der Waals surface area contributed by atoms with Crippen LogP contribution in [0.5, 0.6) is 0 Å². The lowest BCUT2D eigenvalue weighted by molar-refractivity contribution is 0.0218. The molecule has 0 heterocycles. The van der Waals surface area contributed by atoms with Gasteiger partial charge in [0.2, 0.25) is 0 Å². The Morgan fingerprint density at radius 1 is 1.22 bits per heavy atom. The Hall–Kier alpha value is -0.580. The maximum atomic E-state index is 12.0. The first-order chi connectivity index (χ1) is 8.69. The lowest BCUT2D eigenvalue weighted by Gasteiger charge is -2.25. The molecule has 3 heteroatoms. The fourth-order valence-corrected chi connectivity index (χ4v) is 2.96. The standard InChI is InChI=1S/C15H19IO2/c1-2-11-3-5-12(6-4-11)15(17)18-14-9-7-13(16)8-10-14/h3-6,13-14H,2,7-10H2,1H3. The van der Waals surface area contributed by atoms with Gasteiger partial charge in [-0.1, -0.05) is 41.6 Å². The molecule has 0 unspecified atom stereocenters. The molecular formula is C15H19IO2. The van der Waals surface area contributed by atoms with Gasteiger partial charge in [-0.3, -0.25) is 0 Å². The summed E-state index contributed by atoms with van der Waals surface area (Å²) in [6, 6.07) is 7.73. The van der Waals surface area contributed by atoms with Gasteiger partial charge in [0.1, 0.15) is 6.10 Å². The highest BCUT2D eigenvalue weighted by Crippen LogP contribution is 2.27. The first-order valence-corrected chi connectivity index (χ1v) is 7.87. The van der Waals surface area contributed by atoms with Crippen molar-refractivity contribution in [3.05, 3.63) is 35.4 Å². The number of esters is 1. The minimum Gasteiger partial charge on any atom is -0.459 e.